The molecule has 1 heterocycles. The van der Waals surface area contributed by atoms with E-state index in [-0.39, 0.29) is 0 Å². The third-order valence-corrected chi connectivity index (χ3v) is 3.93. The third kappa shape index (κ3) is 2.76. The second kappa shape index (κ2) is 5.67. The van der Waals surface area contributed by atoms with E-state index in [1.807, 2.05) is 0 Å². The lowest BCUT2D eigenvalue weighted by Gasteiger charge is -2.35. The molecule has 16 heavy (non-hydrogen) atoms. The Morgan fingerprint density at radius 2 is 2.06 bits per heavy atom. The summed E-state index contributed by atoms with van der Waals surface area (Å²) >= 11 is 0. The summed E-state index contributed by atoms with van der Waals surface area (Å²) in [5.41, 5.74) is 0. The van der Waals surface area contributed by atoms with Crippen LogP contribution in [0.4, 0.5) is 0 Å². The van der Waals surface area contributed by atoms with Gasteiger partial charge in [0.05, 0.1) is 0 Å². The first-order valence-corrected chi connectivity index (χ1v) is 6.84. The van der Waals surface area contributed by atoms with Crippen molar-refractivity contribution in [1.29, 1.82) is 0 Å². The Bertz CT molecular complexity index is 234. The fourth-order valence-corrected chi connectivity index (χ4v) is 3.00. The van der Waals surface area contributed by atoms with Gasteiger partial charge < -0.3 is 10.2 Å². The van der Waals surface area contributed by atoms with E-state index in [1.165, 1.54) is 32.1 Å². The second-order valence-corrected chi connectivity index (χ2v) is 5.15. The average Bonchev–Trinajstić information content (AvgIpc) is 2.74. The maximum atomic E-state index is 11.6. The van der Waals surface area contributed by atoms with Crippen LogP contribution >= 0.6 is 0 Å². The molecule has 0 unspecified atom stereocenters. The van der Waals surface area contributed by atoms with Crippen LogP contribution in [-0.2, 0) is 4.79 Å². The normalized spacial score (nSPS) is 31.1. The van der Waals surface area contributed by atoms with Crippen LogP contribution in [0.1, 0.15) is 51.9 Å². The van der Waals surface area contributed by atoms with Crippen LogP contribution in [0.3, 0.4) is 0 Å². The van der Waals surface area contributed by atoms with E-state index in [0.29, 0.717) is 18.0 Å². The molecule has 2 fully saturated rings. The summed E-state index contributed by atoms with van der Waals surface area (Å²) < 4.78 is 0. The highest BCUT2D eigenvalue weighted by atomic mass is 16.2. The van der Waals surface area contributed by atoms with Gasteiger partial charge in [-0.05, 0) is 45.1 Å². The number of carbonyl (C=O) groups is 1. The molecule has 1 aliphatic heterocycles. The maximum Gasteiger partial charge on any atom is 0.222 e. The lowest BCUT2D eigenvalue weighted by atomic mass is 9.90. The molecular weight excluding hydrogens is 200 g/mol. The Kier molecular flexibility index (Phi) is 4.22. The summed E-state index contributed by atoms with van der Waals surface area (Å²) in [6.07, 6.45) is 7.97. The summed E-state index contributed by atoms with van der Waals surface area (Å²) in [4.78, 5) is 13.8. The lowest BCUT2D eigenvalue weighted by Crippen LogP contribution is -2.43. The van der Waals surface area contributed by atoms with Crippen molar-refractivity contribution in [1.82, 2.24) is 10.2 Å². The first-order valence-electron chi connectivity index (χ1n) is 6.84. The van der Waals surface area contributed by atoms with Crippen LogP contribution in [0.25, 0.3) is 0 Å². The van der Waals surface area contributed by atoms with Crippen molar-refractivity contribution < 1.29 is 4.79 Å². The Hall–Kier alpha value is -0.570. The fourth-order valence-electron chi connectivity index (χ4n) is 3.00. The Morgan fingerprint density at radius 1 is 1.31 bits per heavy atom. The summed E-state index contributed by atoms with van der Waals surface area (Å²) in [5, 5.41) is 3.59. The lowest BCUT2D eigenvalue weighted by molar-refractivity contribution is -0.130. The summed E-state index contributed by atoms with van der Waals surface area (Å²) in [6, 6.07) is 1.25. The number of rotatable bonds is 4. The van der Waals surface area contributed by atoms with E-state index < -0.39 is 0 Å². The van der Waals surface area contributed by atoms with Crippen LogP contribution < -0.4 is 5.32 Å². The van der Waals surface area contributed by atoms with Crippen LogP contribution in [-0.4, -0.2) is 36.0 Å². The largest absolute Gasteiger partial charge is 0.340 e. The van der Waals surface area contributed by atoms with Crippen molar-refractivity contribution in [2.24, 2.45) is 0 Å². The van der Waals surface area contributed by atoms with Gasteiger partial charge in [-0.3, -0.25) is 4.79 Å². The summed E-state index contributed by atoms with van der Waals surface area (Å²) in [7, 11) is 0. The molecule has 0 atom stereocenters. The smallest absolute Gasteiger partial charge is 0.222 e. The molecule has 0 radical (unpaired) electrons. The van der Waals surface area contributed by atoms with E-state index in [4.69, 9.17) is 0 Å². The fraction of sp³-hybridized carbons (Fsp3) is 0.923. The van der Waals surface area contributed by atoms with Crippen LogP contribution in [0, 0.1) is 0 Å². The highest BCUT2D eigenvalue weighted by Crippen LogP contribution is 2.26. The van der Waals surface area contributed by atoms with E-state index in [0.717, 1.165) is 25.9 Å². The van der Waals surface area contributed by atoms with Gasteiger partial charge >= 0.3 is 0 Å². The SMILES string of the molecule is CCCNC1CCC(N2CCCC2=O)CC1. The number of hydrogen-bond acceptors (Lipinski definition) is 2. The minimum absolute atomic E-state index is 0.393. The molecule has 2 aliphatic rings. The van der Waals surface area contributed by atoms with Crippen LogP contribution in [0.2, 0.25) is 0 Å². The molecule has 1 saturated carbocycles. The molecule has 3 nitrogen and oxygen atoms in total. The van der Waals surface area contributed by atoms with Gasteiger partial charge in [-0.25, -0.2) is 0 Å². The number of nitrogens with one attached hydrogen (secondary N) is 1. The zero-order valence-corrected chi connectivity index (χ0v) is 10.4. The van der Waals surface area contributed by atoms with Crippen molar-refractivity contribution >= 4 is 5.91 Å². The summed E-state index contributed by atoms with van der Waals surface area (Å²) in [6.45, 7) is 4.36. The van der Waals surface area contributed by atoms with Crippen LogP contribution in [0.5, 0.6) is 0 Å². The van der Waals surface area contributed by atoms with Crippen molar-refractivity contribution in [2.45, 2.75) is 64.0 Å². The zero-order chi connectivity index (χ0) is 11.4. The average molecular weight is 224 g/mol. The Balaban J connectivity index is 1.74. The molecule has 1 saturated heterocycles. The first-order chi connectivity index (χ1) is 7.81. The van der Waals surface area contributed by atoms with Gasteiger partial charge in [0.25, 0.3) is 0 Å². The van der Waals surface area contributed by atoms with Gasteiger partial charge in [0, 0.05) is 25.0 Å². The zero-order valence-electron chi connectivity index (χ0n) is 10.4. The molecule has 2 rings (SSSR count). The highest BCUT2D eigenvalue weighted by Gasteiger charge is 2.30. The Labute approximate surface area is 98.6 Å². The molecule has 1 N–H and O–H groups in total. The molecule has 0 spiro atoms. The van der Waals surface area contributed by atoms with E-state index >= 15 is 0 Å². The van der Waals surface area contributed by atoms with E-state index in [2.05, 4.69) is 17.1 Å². The number of nitrogens with zero attached hydrogens (tertiary/aromatic N) is 1. The van der Waals surface area contributed by atoms with Gasteiger partial charge in [-0.15, -0.1) is 0 Å². The minimum atomic E-state index is 0.393. The van der Waals surface area contributed by atoms with Gasteiger partial charge in [0.2, 0.25) is 5.91 Å². The molecule has 0 aromatic carbocycles. The van der Waals surface area contributed by atoms with E-state index in [1.54, 1.807) is 0 Å². The summed E-state index contributed by atoms with van der Waals surface area (Å²) in [5.74, 6) is 0.393. The van der Waals surface area contributed by atoms with E-state index in [9.17, 15) is 4.79 Å². The van der Waals surface area contributed by atoms with Crippen molar-refractivity contribution in [3.8, 4) is 0 Å². The van der Waals surface area contributed by atoms with Gasteiger partial charge in [0.15, 0.2) is 0 Å². The molecule has 1 aliphatic carbocycles. The number of carbonyl (C=O) groups excluding carboxylic acids is 1. The molecular formula is C13H24N2O. The van der Waals surface area contributed by atoms with Gasteiger partial charge in [-0.1, -0.05) is 6.92 Å². The predicted octanol–water partition coefficient (Wildman–Crippen LogP) is 1.92. The maximum absolute atomic E-state index is 11.6. The second-order valence-electron chi connectivity index (χ2n) is 5.15. The van der Waals surface area contributed by atoms with Crippen molar-refractivity contribution in [3.63, 3.8) is 0 Å². The topological polar surface area (TPSA) is 32.3 Å². The quantitative estimate of drug-likeness (QED) is 0.791. The monoisotopic (exact) mass is 224 g/mol. The highest BCUT2D eigenvalue weighted by molar-refractivity contribution is 5.78. The van der Waals surface area contributed by atoms with Gasteiger partial charge in [-0.2, -0.15) is 0 Å². The standard InChI is InChI=1S/C13H24N2O/c1-2-9-14-11-5-7-12(8-6-11)15-10-3-4-13(15)16/h11-12,14H,2-10H2,1H3. The first kappa shape index (κ1) is 11.9. The molecule has 0 aromatic rings. The Morgan fingerprint density at radius 3 is 2.62 bits per heavy atom. The van der Waals surface area contributed by atoms with Crippen LogP contribution in [0.15, 0.2) is 0 Å². The number of hydrogen-bond donors (Lipinski definition) is 1. The molecule has 0 aromatic heterocycles. The molecule has 92 valence electrons. The van der Waals surface area contributed by atoms with Gasteiger partial charge in [0.1, 0.15) is 0 Å². The molecule has 0 bridgehead atoms. The van der Waals surface area contributed by atoms with Crippen molar-refractivity contribution in [3.05, 3.63) is 0 Å². The predicted molar refractivity (Wildman–Crippen MR) is 65.3 cm³/mol. The number of amides is 1. The van der Waals surface area contributed by atoms with Crippen molar-refractivity contribution in [2.75, 3.05) is 13.1 Å². The third-order valence-electron chi connectivity index (χ3n) is 3.93. The molecule has 3 heteroatoms. The minimum Gasteiger partial charge on any atom is -0.340 e. The molecule has 1 amide bonds. The number of likely N-dealkylation sites (tertiary alicyclic amines) is 1.